The number of aryl methyl sites for hydroxylation is 3. The molecular formula is C21H29N5O. The van der Waals surface area contributed by atoms with Crippen LogP contribution < -0.4 is 15.5 Å². The molecule has 0 atom stereocenters. The van der Waals surface area contributed by atoms with Crippen molar-refractivity contribution in [1.29, 1.82) is 0 Å². The van der Waals surface area contributed by atoms with E-state index in [-0.39, 0.29) is 5.91 Å². The molecule has 2 N–H and O–H groups in total. The van der Waals surface area contributed by atoms with Gasteiger partial charge < -0.3 is 15.5 Å². The van der Waals surface area contributed by atoms with Gasteiger partial charge in [0.15, 0.2) is 0 Å². The zero-order valence-electron chi connectivity index (χ0n) is 16.3. The highest BCUT2D eigenvalue weighted by molar-refractivity contribution is 5.76. The van der Waals surface area contributed by atoms with Gasteiger partial charge in [-0.3, -0.25) is 4.79 Å². The summed E-state index contributed by atoms with van der Waals surface area (Å²) in [5, 5.41) is 6.26. The van der Waals surface area contributed by atoms with E-state index >= 15 is 0 Å². The van der Waals surface area contributed by atoms with Gasteiger partial charge in [-0.1, -0.05) is 29.8 Å². The highest BCUT2D eigenvalue weighted by Crippen LogP contribution is 2.20. The van der Waals surface area contributed by atoms with Crippen molar-refractivity contribution in [3.8, 4) is 0 Å². The van der Waals surface area contributed by atoms with Gasteiger partial charge in [-0.25, -0.2) is 9.97 Å². The Morgan fingerprint density at radius 1 is 1.11 bits per heavy atom. The molecule has 27 heavy (non-hydrogen) atoms. The molecule has 0 bridgehead atoms. The molecule has 6 heteroatoms. The summed E-state index contributed by atoms with van der Waals surface area (Å²) in [5.41, 5.74) is 2.43. The van der Waals surface area contributed by atoms with Crippen LogP contribution in [-0.2, 0) is 11.2 Å². The quantitative estimate of drug-likeness (QED) is 0.702. The Hall–Kier alpha value is -2.63. The number of nitrogens with zero attached hydrogens (tertiary/aromatic N) is 3. The summed E-state index contributed by atoms with van der Waals surface area (Å²) in [7, 11) is 0. The number of aromatic nitrogens is 2. The molecule has 144 valence electrons. The summed E-state index contributed by atoms with van der Waals surface area (Å²) >= 11 is 0. The van der Waals surface area contributed by atoms with Gasteiger partial charge in [0, 0.05) is 38.7 Å². The third kappa shape index (κ3) is 5.94. The zero-order valence-corrected chi connectivity index (χ0v) is 16.3. The summed E-state index contributed by atoms with van der Waals surface area (Å²) in [4.78, 5) is 23.3. The lowest BCUT2D eigenvalue weighted by molar-refractivity contribution is -0.120. The van der Waals surface area contributed by atoms with Crippen LogP contribution in [-0.4, -0.2) is 42.1 Å². The molecule has 0 unspecified atom stereocenters. The Labute approximate surface area is 161 Å². The van der Waals surface area contributed by atoms with Crippen molar-refractivity contribution < 1.29 is 4.79 Å². The Balaban J connectivity index is 1.40. The number of amides is 1. The van der Waals surface area contributed by atoms with Gasteiger partial charge in [-0.15, -0.1) is 0 Å². The van der Waals surface area contributed by atoms with Crippen molar-refractivity contribution >= 4 is 17.5 Å². The topological polar surface area (TPSA) is 70.2 Å². The molecule has 6 nitrogen and oxygen atoms in total. The SMILES string of the molecule is Cc1cccc(CCC(=O)NCCNc2cc(N3CCCC3)nc(C)n2)c1. The van der Waals surface area contributed by atoms with Gasteiger partial charge in [0.05, 0.1) is 0 Å². The Bertz CT molecular complexity index is 771. The van der Waals surface area contributed by atoms with Gasteiger partial charge in [0.1, 0.15) is 17.5 Å². The molecule has 3 rings (SSSR count). The zero-order chi connectivity index (χ0) is 19.1. The van der Waals surface area contributed by atoms with Crippen LogP contribution in [0.5, 0.6) is 0 Å². The molecular weight excluding hydrogens is 338 g/mol. The van der Waals surface area contributed by atoms with Crippen molar-refractivity contribution in [1.82, 2.24) is 15.3 Å². The minimum absolute atomic E-state index is 0.0786. The Morgan fingerprint density at radius 3 is 2.70 bits per heavy atom. The molecule has 1 saturated heterocycles. The minimum atomic E-state index is 0.0786. The summed E-state index contributed by atoms with van der Waals surface area (Å²) in [5.74, 6) is 2.65. The summed E-state index contributed by atoms with van der Waals surface area (Å²) < 4.78 is 0. The van der Waals surface area contributed by atoms with Crippen LogP contribution >= 0.6 is 0 Å². The molecule has 1 aliphatic rings. The van der Waals surface area contributed by atoms with Crippen LogP contribution in [0.2, 0.25) is 0 Å². The number of nitrogens with one attached hydrogen (secondary N) is 2. The number of hydrogen-bond acceptors (Lipinski definition) is 5. The molecule has 0 spiro atoms. The molecule has 1 aliphatic heterocycles. The second-order valence-electron chi connectivity index (χ2n) is 7.12. The van der Waals surface area contributed by atoms with E-state index in [1.54, 1.807) is 0 Å². The lowest BCUT2D eigenvalue weighted by Gasteiger charge is -2.17. The van der Waals surface area contributed by atoms with Gasteiger partial charge in [-0.05, 0) is 38.7 Å². The van der Waals surface area contributed by atoms with Crippen molar-refractivity contribution in [2.24, 2.45) is 0 Å². The van der Waals surface area contributed by atoms with Gasteiger partial charge in [-0.2, -0.15) is 0 Å². The first-order valence-corrected chi connectivity index (χ1v) is 9.77. The van der Waals surface area contributed by atoms with E-state index < -0.39 is 0 Å². The average Bonchev–Trinajstić information content (AvgIpc) is 3.18. The summed E-state index contributed by atoms with van der Waals surface area (Å²) in [6.45, 7) is 7.33. The van der Waals surface area contributed by atoms with Crippen LogP contribution in [0, 0.1) is 13.8 Å². The smallest absolute Gasteiger partial charge is 0.220 e. The van der Waals surface area contributed by atoms with Crippen molar-refractivity contribution in [3.63, 3.8) is 0 Å². The second kappa shape index (κ2) is 9.35. The largest absolute Gasteiger partial charge is 0.368 e. The molecule has 0 radical (unpaired) electrons. The maximum Gasteiger partial charge on any atom is 0.220 e. The molecule has 1 fully saturated rings. The van der Waals surface area contributed by atoms with Crippen LogP contribution in [0.4, 0.5) is 11.6 Å². The minimum Gasteiger partial charge on any atom is -0.368 e. The molecule has 0 aliphatic carbocycles. The third-order valence-electron chi connectivity index (χ3n) is 4.73. The van der Waals surface area contributed by atoms with Crippen LogP contribution in [0.25, 0.3) is 0 Å². The van der Waals surface area contributed by atoms with Crippen molar-refractivity contribution in [3.05, 3.63) is 47.3 Å². The average molecular weight is 367 g/mol. The normalized spacial score (nSPS) is 13.6. The number of rotatable bonds is 8. The first kappa shape index (κ1) is 19.1. The second-order valence-corrected chi connectivity index (χ2v) is 7.12. The fourth-order valence-electron chi connectivity index (χ4n) is 3.36. The van der Waals surface area contributed by atoms with Crippen LogP contribution in [0.1, 0.15) is 36.2 Å². The predicted molar refractivity (Wildman–Crippen MR) is 109 cm³/mol. The van der Waals surface area contributed by atoms with E-state index in [0.29, 0.717) is 19.5 Å². The molecule has 0 saturated carbocycles. The van der Waals surface area contributed by atoms with Crippen LogP contribution in [0.15, 0.2) is 30.3 Å². The lowest BCUT2D eigenvalue weighted by Crippen LogP contribution is -2.29. The fourth-order valence-corrected chi connectivity index (χ4v) is 3.36. The number of carbonyl (C=O) groups is 1. The van der Waals surface area contributed by atoms with Crippen LogP contribution in [0.3, 0.4) is 0 Å². The molecule has 1 amide bonds. The molecule has 1 aromatic carbocycles. The lowest BCUT2D eigenvalue weighted by atomic mass is 10.1. The first-order chi connectivity index (χ1) is 13.1. The maximum absolute atomic E-state index is 12.0. The van der Waals surface area contributed by atoms with Gasteiger partial charge >= 0.3 is 0 Å². The molecule has 2 aromatic rings. The fraction of sp³-hybridized carbons (Fsp3) is 0.476. The number of anilines is 2. The highest BCUT2D eigenvalue weighted by atomic mass is 16.1. The van der Waals surface area contributed by atoms with Crippen molar-refractivity contribution in [2.45, 2.75) is 39.5 Å². The van der Waals surface area contributed by atoms with E-state index in [2.05, 4.69) is 50.6 Å². The number of carbonyl (C=O) groups excluding carboxylic acids is 1. The predicted octanol–water partition coefficient (Wildman–Crippen LogP) is 2.85. The maximum atomic E-state index is 12.0. The Morgan fingerprint density at radius 2 is 1.93 bits per heavy atom. The van der Waals surface area contributed by atoms with Gasteiger partial charge in [0.2, 0.25) is 5.91 Å². The summed E-state index contributed by atoms with van der Waals surface area (Å²) in [6, 6.07) is 10.3. The number of benzene rings is 1. The van der Waals surface area contributed by atoms with Gasteiger partial charge in [0.25, 0.3) is 0 Å². The molecule has 2 heterocycles. The summed E-state index contributed by atoms with van der Waals surface area (Å²) in [6.07, 6.45) is 3.72. The number of hydrogen-bond donors (Lipinski definition) is 2. The standard InChI is InChI=1S/C21H29N5O/c1-16-6-5-7-18(14-16)8-9-21(27)23-11-10-22-19-15-20(25-17(2)24-19)26-12-3-4-13-26/h5-7,14-15H,3-4,8-13H2,1-2H3,(H,23,27)(H,22,24,25). The third-order valence-corrected chi connectivity index (χ3v) is 4.73. The van der Waals surface area contributed by atoms with E-state index in [1.165, 1.54) is 24.0 Å². The highest BCUT2D eigenvalue weighted by Gasteiger charge is 2.14. The van der Waals surface area contributed by atoms with E-state index in [1.807, 2.05) is 19.1 Å². The monoisotopic (exact) mass is 367 g/mol. The van der Waals surface area contributed by atoms with E-state index in [9.17, 15) is 4.79 Å². The Kier molecular flexibility index (Phi) is 6.63. The molecule has 1 aromatic heterocycles. The van der Waals surface area contributed by atoms with E-state index in [0.717, 1.165) is 37.0 Å². The van der Waals surface area contributed by atoms with E-state index in [4.69, 9.17) is 0 Å². The van der Waals surface area contributed by atoms with Crippen molar-refractivity contribution in [2.75, 3.05) is 36.4 Å². The first-order valence-electron chi connectivity index (χ1n) is 9.77.